The second-order valence-electron chi connectivity index (χ2n) is 16.0. The van der Waals surface area contributed by atoms with Gasteiger partial charge in [0.2, 0.25) is 5.91 Å². The highest BCUT2D eigenvalue weighted by molar-refractivity contribution is 7.90. The molecule has 7 rings (SSSR count). The van der Waals surface area contributed by atoms with Gasteiger partial charge in [-0.25, -0.2) is 17.8 Å². The first-order valence-corrected chi connectivity index (χ1v) is 23.0. The molecule has 62 heavy (non-hydrogen) atoms. The van der Waals surface area contributed by atoms with E-state index in [4.69, 9.17) is 11.6 Å². The Bertz CT molecular complexity index is 2590. The normalized spacial score (nSPS) is 14.7. The Morgan fingerprint density at radius 2 is 1.58 bits per heavy atom. The van der Waals surface area contributed by atoms with E-state index in [0.29, 0.717) is 50.1 Å². The molecule has 1 aromatic heterocycles. The number of aromatic nitrogens is 2. The molecule has 2 aliphatic rings. The second kappa shape index (κ2) is 19.6. The van der Waals surface area contributed by atoms with Crippen LogP contribution in [0.25, 0.3) is 16.5 Å². The molecule has 1 saturated heterocycles. The number of nitrogens with zero attached hydrogens (tertiary/aromatic N) is 6. The summed E-state index contributed by atoms with van der Waals surface area (Å²) < 4.78 is 30.6. The topological polar surface area (TPSA) is 157 Å². The summed E-state index contributed by atoms with van der Waals surface area (Å²) in [6.45, 7) is 10.1. The number of benzene rings is 4. The van der Waals surface area contributed by atoms with Crippen LogP contribution in [0.4, 0.5) is 0 Å². The molecular formula is C46H53ClN8O6S. The van der Waals surface area contributed by atoms with Crippen molar-refractivity contribution in [2.75, 3.05) is 66.0 Å². The van der Waals surface area contributed by atoms with Gasteiger partial charge in [0, 0.05) is 77.4 Å². The molecule has 14 nitrogen and oxygen atoms in total. The van der Waals surface area contributed by atoms with Crippen LogP contribution in [0.3, 0.4) is 0 Å². The summed E-state index contributed by atoms with van der Waals surface area (Å²) in [5.41, 5.74) is 2.71. The van der Waals surface area contributed by atoms with Gasteiger partial charge in [-0.1, -0.05) is 79.5 Å². The summed E-state index contributed by atoms with van der Waals surface area (Å²) in [5, 5.41) is 9.30. The van der Waals surface area contributed by atoms with E-state index in [1.54, 1.807) is 34.9 Å². The molecule has 1 fully saturated rings. The first-order valence-electron chi connectivity index (χ1n) is 21.1. The van der Waals surface area contributed by atoms with E-state index in [-0.39, 0.29) is 51.3 Å². The number of likely N-dealkylation sites (N-methyl/N-ethyl adjacent to an activating group) is 1. The standard InChI is InChI=1S/C46H53ClN8O6S/c1-4-5-21-53(23-19-41(56)48-20-24-52-27-25-51(3)26-28-52)46(59)43-42(47)32(2)55(49-43)40-17-15-36(30-39(40)45(58)54-22-18-34-11-7-9-13-37(34)31-54)44(57)50-62(60,61)38-16-14-33-10-6-8-12-35(33)29-38/h6-17,29-30H,4-5,18-28,31H2,1-3H3,(H,48,56)(H,50,57). The van der Waals surface area contributed by atoms with Crippen LogP contribution < -0.4 is 10.0 Å². The Morgan fingerprint density at radius 1 is 0.855 bits per heavy atom. The number of fused-ring (bicyclic) bond motifs is 2. The molecule has 2 aliphatic heterocycles. The zero-order chi connectivity index (χ0) is 44.0. The Balaban J connectivity index is 1.14. The van der Waals surface area contributed by atoms with Crippen molar-refractivity contribution in [3.8, 4) is 5.69 Å². The van der Waals surface area contributed by atoms with Gasteiger partial charge in [0.1, 0.15) is 0 Å². The number of halogens is 1. The van der Waals surface area contributed by atoms with Gasteiger partial charge in [0.15, 0.2) is 5.69 Å². The highest BCUT2D eigenvalue weighted by Gasteiger charge is 2.30. The number of rotatable bonds is 15. The van der Waals surface area contributed by atoms with E-state index >= 15 is 0 Å². The number of nitrogens with one attached hydrogen (secondary N) is 2. The van der Waals surface area contributed by atoms with Crippen molar-refractivity contribution in [1.29, 1.82) is 0 Å². The van der Waals surface area contributed by atoms with E-state index in [9.17, 15) is 27.6 Å². The number of piperazine rings is 1. The maximum absolute atomic E-state index is 14.6. The molecule has 0 aliphatic carbocycles. The lowest BCUT2D eigenvalue weighted by Crippen LogP contribution is -2.47. The SMILES string of the molecule is CCCCN(CCC(=O)NCCN1CCN(C)CC1)C(=O)c1nn(-c2ccc(C(=O)NS(=O)(=O)c3ccc4ccccc4c3)cc2C(=O)N2CCc3ccccc3C2)c(C)c1Cl. The lowest BCUT2D eigenvalue weighted by atomic mass is 9.98. The fraction of sp³-hybridized carbons (Fsp3) is 0.370. The highest BCUT2D eigenvalue weighted by atomic mass is 35.5. The quantitative estimate of drug-likeness (QED) is 0.143. The minimum atomic E-state index is -4.30. The van der Waals surface area contributed by atoms with Crippen molar-refractivity contribution in [3.05, 3.63) is 124 Å². The van der Waals surface area contributed by atoms with Crippen LogP contribution in [0.2, 0.25) is 5.02 Å². The third kappa shape index (κ3) is 10.2. The summed E-state index contributed by atoms with van der Waals surface area (Å²) in [6, 6.07) is 24.0. The van der Waals surface area contributed by atoms with Gasteiger partial charge in [-0.3, -0.25) is 24.1 Å². The van der Waals surface area contributed by atoms with Gasteiger partial charge in [-0.15, -0.1) is 0 Å². The molecule has 0 saturated carbocycles. The fourth-order valence-corrected chi connectivity index (χ4v) is 9.07. The second-order valence-corrected chi connectivity index (χ2v) is 18.0. The Hall–Kier alpha value is -5.61. The molecule has 5 aromatic rings. The van der Waals surface area contributed by atoms with Crippen LogP contribution >= 0.6 is 11.6 Å². The number of carbonyl (C=O) groups excluding carboxylic acids is 4. The van der Waals surface area contributed by atoms with Gasteiger partial charge in [-0.05, 0) is 79.0 Å². The minimum absolute atomic E-state index is 0.0376. The molecule has 3 heterocycles. The first-order chi connectivity index (χ1) is 29.8. The molecule has 2 N–H and O–H groups in total. The summed E-state index contributed by atoms with van der Waals surface area (Å²) in [5.74, 6) is -1.95. The van der Waals surface area contributed by atoms with Crippen LogP contribution in [0.5, 0.6) is 0 Å². The molecule has 0 bridgehead atoms. The zero-order valence-electron chi connectivity index (χ0n) is 35.4. The van der Waals surface area contributed by atoms with E-state index in [1.807, 2.05) is 43.3 Å². The smallest absolute Gasteiger partial charge is 0.275 e. The van der Waals surface area contributed by atoms with Gasteiger partial charge in [0.05, 0.1) is 26.9 Å². The van der Waals surface area contributed by atoms with Crippen LogP contribution in [-0.2, 0) is 27.8 Å². The Morgan fingerprint density at radius 3 is 2.34 bits per heavy atom. The van der Waals surface area contributed by atoms with Crippen molar-refractivity contribution in [1.82, 2.24) is 39.4 Å². The predicted molar refractivity (Wildman–Crippen MR) is 239 cm³/mol. The molecule has 0 unspecified atom stereocenters. The van der Waals surface area contributed by atoms with Crippen molar-refractivity contribution in [2.45, 2.75) is 51.0 Å². The molecule has 326 valence electrons. The zero-order valence-corrected chi connectivity index (χ0v) is 37.0. The Kier molecular flexibility index (Phi) is 14.1. The summed E-state index contributed by atoms with van der Waals surface area (Å²) in [4.78, 5) is 63.3. The molecule has 4 aromatic carbocycles. The fourth-order valence-electron chi connectivity index (χ4n) is 7.87. The molecule has 0 radical (unpaired) electrons. The summed E-state index contributed by atoms with van der Waals surface area (Å²) in [6.07, 6.45) is 2.24. The predicted octanol–water partition coefficient (Wildman–Crippen LogP) is 5.30. The summed E-state index contributed by atoms with van der Waals surface area (Å²) in [7, 11) is -2.20. The van der Waals surface area contributed by atoms with Crippen molar-refractivity contribution < 1.29 is 27.6 Å². The first kappa shape index (κ1) is 44.4. The molecular weight excluding hydrogens is 828 g/mol. The average molecular weight is 881 g/mol. The monoisotopic (exact) mass is 880 g/mol. The largest absolute Gasteiger partial charge is 0.355 e. The van der Waals surface area contributed by atoms with Crippen molar-refractivity contribution in [3.63, 3.8) is 0 Å². The lowest BCUT2D eigenvalue weighted by Gasteiger charge is -2.32. The van der Waals surface area contributed by atoms with Gasteiger partial charge in [-0.2, -0.15) is 5.10 Å². The number of hydrogen-bond acceptors (Lipinski definition) is 9. The van der Waals surface area contributed by atoms with Crippen LogP contribution in [-0.4, -0.2) is 127 Å². The lowest BCUT2D eigenvalue weighted by molar-refractivity contribution is -0.121. The average Bonchev–Trinajstić information content (AvgIpc) is 3.58. The van der Waals surface area contributed by atoms with E-state index < -0.39 is 27.7 Å². The summed E-state index contributed by atoms with van der Waals surface area (Å²) >= 11 is 6.89. The third-order valence-corrected chi connectivity index (χ3v) is 13.4. The van der Waals surface area contributed by atoms with Crippen LogP contribution in [0.15, 0.2) is 89.8 Å². The van der Waals surface area contributed by atoms with Gasteiger partial charge >= 0.3 is 0 Å². The molecule has 4 amide bonds. The minimum Gasteiger partial charge on any atom is -0.355 e. The Labute approximate surface area is 367 Å². The molecule has 0 spiro atoms. The van der Waals surface area contributed by atoms with Gasteiger partial charge in [0.25, 0.3) is 27.7 Å². The number of amides is 4. The molecule has 16 heteroatoms. The van der Waals surface area contributed by atoms with Crippen molar-refractivity contribution in [2.24, 2.45) is 0 Å². The van der Waals surface area contributed by atoms with Crippen LogP contribution in [0, 0.1) is 6.92 Å². The molecule has 0 atom stereocenters. The van der Waals surface area contributed by atoms with Crippen molar-refractivity contribution >= 4 is 56.0 Å². The number of unbranched alkanes of at least 4 members (excludes halogenated alkanes) is 1. The maximum Gasteiger partial charge on any atom is 0.275 e. The highest BCUT2D eigenvalue weighted by Crippen LogP contribution is 2.29. The van der Waals surface area contributed by atoms with Crippen LogP contribution in [0.1, 0.15) is 74.2 Å². The third-order valence-electron chi connectivity index (χ3n) is 11.7. The van der Waals surface area contributed by atoms with E-state index in [1.165, 1.54) is 35.0 Å². The van der Waals surface area contributed by atoms with E-state index in [0.717, 1.165) is 55.7 Å². The number of sulfonamides is 1. The van der Waals surface area contributed by atoms with E-state index in [2.05, 4.69) is 32.0 Å². The number of hydrogen-bond donors (Lipinski definition) is 2. The maximum atomic E-state index is 14.6. The number of carbonyl (C=O) groups is 4. The van der Waals surface area contributed by atoms with Gasteiger partial charge < -0.3 is 20.0 Å².